The van der Waals surface area contributed by atoms with E-state index in [1.807, 2.05) is 30.3 Å². The van der Waals surface area contributed by atoms with Crippen molar-refractivity contribution in [2.75, 3.05) is 25.5 Å². The summed E-state index contributed by atoms with van der Waals surface area (Å²) in [4.78, 5) is 28.1. The molecule has 1 N–H and O–H groups in total. The maximum absolute atomic E-state index is 12.8. The molecule has 1 aliphatic heterocycles. The maximum Gasteiger partial charge on any atom is 0.275 e. The van der Waals surface area contributed by atoms with Gasteiger partial charge >= 0.3 is 0 Å². The monoisotopic (exact) mass is 420 g/mol. The molecule has 7 heteroatoms. The Morgan fingerprint density at radius 1 is 1.00 bits per heavy atom. The number of nitrogens with zero attached hydrogens (tertiary/aromatic N) is 3. The molecule has 1 amide bonds. The number of benzene rings is 2. The Balaban J connectivity index is 1.52. The number of anilines is 1. The summed E-state index contributed by atoms with van der Waals surface area (Å²) in [6.07, 6.45) is 5.00. The van der Waals surface area contributed by atoms with Crippen LogP contribution in [0.3, 0.4) is 0 Å². The van der Waals surface area contributed by atoms with E-state index in [-0.39, 0.29) is 18.0 Å². The Labute approximate surface area is 181 Å². The highest BCUT2D eigenvalue weighted by atomic mass is 16.5. The number of rotatable bonds is 6. The van der Waals surface area contributed by atoms with Crippen LogP contribution in [0.15, 0.2) is 53.3 Å². The summed E-state index contributed by atoms with van der Waals surface area (Å²) in [6, 6.07) is 15.0. The van der Waals surface area contributed by atoms with Gasteiger partial charge in [-0.3, -0.25) is 14.5 Å². The number of hydrogen-bond donors (Lipinski definition) is 1. The minimum absolute atomic E-state index is 0.182. The Morgan fingerprint density at radius 3 is 2.42 bits per heavy atom. The van der Waals surface area contributed by atoms with E-state index < -0.39 is 0 Å². The first kappa shape index (κ1) is 21.1. The first-order valence-corrected chi connectivity index (χ1v) is 10.8. The Morgan fingerprint density at radius 2 is 1.68 bits per heavy atom. The van der Waals surface area contributed by atoms with Crippen molar-refractivity contribution in [1.82, 2.24) is 14.7 Å². The van der Waals surface area contributed by atoms with Crippen LogP contribution in [0.4, 0.5) is 5.69 Å². The third-order valence-corrected chi connectivity index (χ3v) is 5.70. The first-order chi connectivity index (χ1) is 15.2. The highest BCUT2D eigenvalue weighted by molar-refractivity contribution is 5.92. The molecular weight excluding hydrogens is 392 g/mol. The van der Waals surface area contributed by atoms with E-state index in [1.54, 1.807) is 18.2 Å². The van der Waals surface area contributed by atoms with Crippen molar-refractivity contribution in [3.8, 4) is 5.88 Å². The lowest BCUT2D eigenvalue weighted by Crippen LogP contribution is -2.30. The summed E-state index contributed by atoms with van der Waals surface area (Å²) in [6.45, 7) is 2.79. The molecule has 1 aliphatic rings. The van der Waals surface area contributed by atoms with E-state index in [1.165, 1.54) is 32.8 Å². The van der Waals surface area contributed by atoms with Crippen molar-refractivity contribution in [2.24, 2.45) is 0 Å². The molecule has 0 unspecified atom stereocenters. The summed E-state index contributed by atoms with van der Waals surface area (Å²) in [5.74, 6) is 0.0276. The predicted octanol–water partition coefficient (Wildman–Crippen LogP) is 3.42. The van der Waals surface area contributed by atoms with Gasteiger partial charge in [0.25, 0.3) is 5.56 Å². The molecule has 1 fully saturated rings. The van der Waals surface area contributed by atoms with Crippen LogP contribution in [-0.2, 0) is 17.9 Å². The molecule has 4 rings (SSSR count). The summed E-state index contributed by atoms with van der Waals surface area (Å²) in [5, 5.41) is 8.32. The van der Waals surface area contributed by atoms with Gasteiger partial charge < -0.3 is 10.1 Å². The van der Waals surface area contributed by atoms with E-state index in [0.717, 1.165) is 35.6 Å². The molecule has 0 saturated carbocycles. The van der Waals surface area contributed by atoms with Gasteiger partial charge in [0.1, 0.15) is 6.54 Å². The lowest BCUT2D eigenvalue weighted by atomic mass is 10.1. The highest BCUT2D eigenvalue weighted by Gasteiger charge is 2.16. The SMILES string of the molecule is COc1nn(CC(=O)Nc2ccccc2CN2CCCCCC2)c(=O)c2ccccc12. The molecule has 31 heavy (non-hydrogen) atoms. The summed E-state index contributed by atoms with van der Waals surface area (Å²) >= 11 is 0. The van der Waals surface area contributed by atoms with Gasteiger partial charge in [-0.15, -0.1) is 5.10 Å². The molecule has 3 aromatic rings. The van der Waals surface area contributed by atoms with Gasteiger partial charge in [0, 0.05) is 12.2 Å². The molecular formula is C24H28N4O3. The van der Waals surface area contributed by atoms with E-state index in [2.05, 4.69) is 15.3 Å². The van der Waals surface area contributed by atoms with E-state index in [9.17, 15) is 9.59 Å². The quantitative estimate of drug-likeness (QED) is 0.661. The number of hydrogen-bond acceptors (Lipinski definition) is 5. The first-order valence-electron chi connectivity index (χ1n) is 10.8. The normalized spacial score (nSPS) is 14.9. The summed E-state index contributed by atoms with van der Waals surface area (Å²) < 4.78 is 6.49. The van der Waals surface area contributed by atoms with Gasteiger partial charge in [-0.1, -0.05) is 43.2 Å². The van der Waals surface area contributed by atoms with Crippen LogP contribution >= 0.6 is 0 Å². The minimum atomic E-state index is -0.315. The fourth-order valence-electron chi connectivity index (χ4n) is 4.10. The second-order valence-electron chi connectivity index (χ2n) is 7.91. The molecule has 7 nitrogen and oxygen atoms in total. The maximum atomic E-state index is 12.8. The molecule has 1 saturated heterocycles. The Kier molecular flexibility index (Phi) is 6.62. The fraction of sp³-hybridized carbons (Fsp3) is 0.375. The third kappa shape index (κ3) is 4.94. The van der Waals surface area contributed by atoms with Crippen LogP contribution in [0.1, 0.15) is 31.2 Å². The van der Waals surface area contributed by atoms with Crippen LogP contribution in [-0.4, -0.2) is 40.8 Å². The molecule has 0 aliphatic carbocycles. The number of carbonyl (C=O) groups is 1. The van der Waals surface area contributed by atoms with Crippen LogP contribution in [0.2, 0.25) is 0 Å². The molecule has 0 spiro atoms. The van der Waals surface area contributed by atoms with Crippen LogP contribution in [0.25, 0.3) is 10.8 Å². The van der Waals surface area contributed by atoms with Gasteiger partial charge in [0.05, 0.1) is 17.9 Å². The molecule has 1 aromatic heterocycles. The smallest absolute Gasteiger partial charge is 0.275 e. The lowest BCUT2D eigenvalue weighted by molar-refractivity contribution is -0.117. The van der Waals surface area contributed by atoms with Crippen molar-refractivity contribution in [3.05, 3.63) is 64.4 Å². The van der Waals surface area contributed by atoms with Crippen molar-refractivity contribution in [3.63, 3.8) is 0 Å². The summed E-state index contributed by atoms with van der Waals surface area (Å²) in [7, 11) is 1.50. The largest absolute Gasteiger partial charge is 0.480 e. The van der Waals surface area contributed by atoms with Gasteiger partial charge in [-0.2, -0.15) is 0 Å². The van der Waals surface area contributed by atoms with Gasteiger partial charge in [-0.25, -0.2) is 4.68 Å². The van der Waals surface area contributed by atoms with E-state index in [0.29, 0.717) is 16.7 Å². The van der Waals surface area contributed by atoms with Gasteiger partial charge in [0.15, 0.2) is 0 Å². The van der Waals surface area contributed by atoms with Crippen molar-refractivity contribution in [1.29, 1.82) is 0 Å². The number of likely N-dealkylation sites (tertiary alicyclic amines) is 1. The number of nitrogens with one attached hydrogen (secondary N) is 1. The van der Waals surface area contributed by atoms with Crippen LogP contribution < -0.4 is 15.6 Å². The van der Waals surface area contributed by atoms with E-state index in [4.69, 9.17) is 4.74 Å². The van der Waals surface area contributed by atoms with Crippen LogP contribution in [0.5, 0.6) is 5.88 Å². The highest BCUT2D eigenvalue weighted by Crippen LogP contribution is 2.21. The molecule has 0 radical (unpaired) electrons. The second-order valence-corrected chi connectivity index (χ2v) is 7.91. The van der Waals surface area contributed by atoms with Crippen molar-refractivity contribution >= 4 is 22.4 Å². The Hall–Kier alpha value is -3.19. The lowest BCUT2D eigenvalue weighted by Gasteiger charge is -2.21. The van der Waals surface area contributed by atoms with Gasteiger partial charge in [-0.05, 0) is 49.7 Å². The third-order valence-electron chi connectivity index (χ3n) is 5.70. The number of carbonyl (C=O) groups excluding carboxylic acids is 1. The number of para-hydroxylation sites is 1. The molecule has 2 heterocycles. The number of ether oxygens (including phenoxy) is 1. The average molecular weight is 421 g/mol. The minimum Gasteiger partial charge on any atom is -0.480 e. The van der Waals surface area contributed by atoms with Gasteiger partial charge in [0.2, 0.25) is 11.8 Å². The zero-order chi connectivity index (χ0) is 21.6. The molecule has 2 aromatic carbocycles. The molecule has 162 valence electrons. The van der Waals surface area contributed by atoms with Crippen molar-refractivity contribution < 1.29 is 9.53 Å². The topological polar surface area (TPSA) is 76.5 Å². The number of methoxy groups -OCH3 is 1. The van der Waals surface area contributed by atoms with Crippen LogP contribution in [0, 0.1) is 0 Å². The number of fused-ring (bicyclic) bond motifs is 1. The Bertz CT molecular complexity index is 1120. The van der Waals surface area contributed by atoms with E-state index >= 15 is 0 Å². The summed E-state index contributed by atoms with van der Waals surface area (Å²) in [5.41, 5.74) is 1.54. The zero-order valence-corrected chi connectivity index (χ0v) is 17.8. The molecule has 0 atom stereocenters. The number of amides is 1. The average Bonchev–Trinajstić information content (AvgIpc) is 3.06. The number of aromatic nitrogens is 2. The predicted molar refractivity (Wildman–Crippen MR) is 121 cm³/mol. The fourth-order valence-corrected chi connectivity index (χ4v) is 4.10. The standard InChI is InChI=1S/C24H28N4O3/c1-31-23-19-11-5-6-12-20(19)24(30)28(26-23)17-22(29)25-21-13-7-4-10-18(21)16-27-14-8-2-3-9-15-27/h4-7,10-13H,2-3,8-9,14-17H2,1H3,(H,25,29). The molecule has 0 bridgehead atoms. The zero-order valence-electron chi connectivity index (χ0n) is 17.8. The second kappa shape index (κ2) is 9.75. The van der Waals surface area contributed by atoms with Crippen molar-refractivity contribution in [2.45, 2.75) is 38.8 Å².